The maximum Gasteiger partial charge on any atom is 0.137 e. The summed E-state index contributed by atoms with van der Waals surface area (Å²) in [7, 11) is 1.64. The fourth-order valence-electron chi connectivity index (χ4n) is 2.34. The second-order valence-electron chi connectivity index (χ2n) is 4.80. The number of aliphatic hydroxyl groups excluding tert-OH is 1. The Morgan fingerprint density at radius 2 is 1.78 bits per heavy atom. The Morgan fingerprint density at radius 1 is 1.17 bits per heavy atom. The van der Waals surface area contributed by atoms with Crippen LogP contribution >= 0.6 is 0 Å². The molecule has 0 aliphatic carbocycles. The van der Waals surface area contributed by atoms with Gasteiger partial charge in [0.15, 0.2) is 0 Å². The lowest BCUT2D eigenvalue weighted by Gasteiger charge is -2.17. The van der Waals surface area contributed by atoms with Crippen LogP contribution in [0.2, 0.25) is 0 Å². The van der Waals surface area contributed by atoms with Crippen molar-refractivity contribution >= 4 is 0 Å². The SMILES string of the molecule is COc1ccc(OC[C@H](O)C[NH+]2CCCC2)cc1. The Morgan fingerprint density at radius 3 is 2.39 bits per heavy atom. The van der Waals surface area contributed by atoms with Crippen LogP contribution in [0, 0.1) is 0 Å². The average Bonchev–Trinajstić information content (AvgIpc) is 2.90. The molecule has 1 heterocycles. The van der Waals surface area contributed by atoms with Gasteiger partial charge in [-0.3, -0.25) is 0 Å². The van der Waals surface area contributed by atoms with E-state index in [1.807, 2.05) is 24.3 Å². The van der Waals surface area contributed by atoms with E-state index in [2.05, 4.69) is 0 Å². The number of rotatable bonds is 6. The predicted octanol–water partition coefficient (Wildman–Crippen LogP) is 0.114. The van der Waals surface area contributed by atoms with Crippen molar-refractivity contribution in [2.45, 2.75) is 18.9 Å². The molecule has 1 saturated heterocycles. The van der Waals surface area contributed by atoms with Crippen LogP contribution in [-0.2, 0) is 0 Å². The van der Waals surface area contributed by atoms with E-state index in [1.54, 1.807) is 7.11 Å². The number of nitrogens with one attached hydrogen (secondary N) is 1. The van der Waals surface area contributed by atoms with Crippen molar-refractivity contribution in [3.05, 3.63) is 24.3 Å². The van der Waals surface area contributed by atoms with E-state index in [9.17, 15) is 5.11 Å². The van der Waals surface area contributed by atoms with Crippen LogP contribution < -0.4 is 14.4 Å². The number of methoxy groups -OCH3 is 1. The summed E-state index contributed by atoms with van der Waals surface area (Å²) in [6, 6.07) is 7.42. The Balaban J connectivity index is 1.72. The molecule has 4 heteroatoms. The molecule has 1 atom stereocenters. The summed E-state index contributed by atoms with van der Waals surface area (Å²) in [5.41, 5.74) is 0. The second kappa shape index (κ2) is 6.61. The first kappa shape index (κ1) is 13.2. The van der Waals surface area contributed by atoms with Crippen molar-refractivity contribution in [1.29, 1.82) is 0 Å². The van der Waals surface area contributed by atoms with Gasteiger partial charge in [0.25, 0.3) is 0 Å². The summed E-state index contributed by atoms with van der Waals surface area (Å²) in [5.74, 6) is 1.58. The predicted molar refractivity (Wildman–Crippen MR) is 69.3 cm³/mol. The summed E-state index contributed by atoms with van der Waals surface area (Å²) >= 11 is 0. The summed E-state index contributed by atoms with van der Waals surface area (Å²) in [6.45, 7) is 3.51. The zero-order chi connectivity index (χ0) is 12.8. The quantitative estimate of drug-likeness (QED) is 0.755. The van der Waals surface area contributed by atoms with Gasteiger partial charge in [-0.25, -0.2) is 0 Å². The standard InChI is InChI=1S/C14H21NO3/c1-17-13-4-6-14(7-5-13)18-11-12(16)10-15-8-2-3-9-15/h4-7,12,16H,2-3,8-11H2,1H3/p+1/t12-/m1/s1. The van der Waals surface area contributed by atoms with Crippen LogP contribution in [0.15, 0.2) is 24.3 Å². The zero-order valence-corrected chi connectivity index (χ0v) is 10.9. The monoisotopic (exact) mass is 252 g/mol. The largest absolute Gasteiger partial charge is 0.497 e. The third-order valence-corrected chi connectivity index (χ3v) is 3.34. The van der Waals surface area contributed by atoms with Crippen molar-refractivity contribution in [3.63, 3.8) is 0 Å². The molecular formula is C14H22NO3+. The fourth-order valence-corrected chi connectivity index (χ4v) is 2.34. The molecule has 1 aromatic carbocycles. The van der Waals surface area contributed by atoms with Gasteiger partial charge in [0.05, 0.1) is 20.2 Å². The van der Waals surface area contributed by atoms with Crippen LogP contribution in [0.1, 0.15) is 12.8 Å². The molecule has 0 spiro atoms. The van der Waals surface area contributed by atoms with Crippen LogP contribution in [0.5, 0.6) is 11.5 Å². The van der Waals surface area contributed by atoms with Gasteiger partial charge in [0.1, 0.15) is 30.8 Å². The molecule has 1 fully saturated rings. The van der Waals surface area contributed by atoms with Gasteiger partial charge in [0.2, 0.25) is 0 Å². The minimum Gasteiger partial charge on any atom is -0.497 e. The smallest absolute Gasteiger partial charge is 0.137 e. The molecule has 4 nitrogen and oxygen atoms in total. The lowest BCUT2D eigenvalue weighted by Crippen LogP contribution is -3.11. The van der Waals surface area contributed by atoms with Gasteiger partial charge in [-0.2, -0.15) is 0 Å². The Kier molecular flexibility index (Phi) is 4.84. The Hall–Kier alpha value is -1.26. The summed E-state index contributed by atoms with van der Waals surface area (Å²) in [4.78, 5) is 1.49. The number of quaternary nitrogens is 1. The maximum absolute atomic E-state index is 9.90. The minimum atomic E-state index is -0.389. The maximum atomic E-state index is 9.90. The number of hydrogen-bond acceptors (Lipinski definition) is 3. The molecule has 0 saturated carbocycles. The highest BCUT2D eigenvalue weighted by atomic mass is 16.5. The van der Waals surface area contributed by atoms with Crippen molar-refractivity contribution in [2.24, 2.45) is 0 Å². The molecule has 0 aromatic heterocycles. The molecule has 1 aliphatic heterocycles. The molecule has 1 aromatic rings. The highest BCUT2D eigenvalue weighted by molar-refractivity contribution is 5.31. The molecule has 2 rings (SSSR count). The number of benzene rings is 1. The zero-order valence-electron chi connectivity index (χ0n) is 10.9. The molecule has 0 radical (unpaired) electrons. The van der Waals surface area contributed by atoms with Crippen molar-refractivity contribution in [2.75, 3.05) is 33.4 Å². The van der Waals surface area contributed by atoms with E-state index in [4.69, 9.17) is 9.47 Å². The van der Waals surface area contributed by atoms with E-state index in [0.717, 1.165) is 18.0 Å². The molecular weight excluding hydrogens is 230 g/mol. The summed E-state index contributed by atoms with van der Waals surface area (Å²) in [5, 5.41) is 9.90. The molecule has 18 heavy (non-hydrogen) atoms. The third kappa shape index (κ3) is 3.89. The first-order valence-electron chi connectivity index (χ1n) is 6.56. The highest BCUT2D eigenvalue weighted by Crippen LogP contribution is 2.16. The van der Waals surface area contributed by atoms with E-state index >= 15 is 0 Å². The third-order valence-electron chi connectivity index (χ3n) is 3.34. The van der Waals surface area contributed by atoms with Crippen molar-refractivity contribution in [3.8, 4) is 11.5 Å². The molecule has 1 aliphatic rings. The average molecular weight is 252 g/mol. The minimum absolute atomic E-state index is 0.357. The highest BCUT2D eigenvalue weighted by Gasteiger charge is 2.19. The molecule has 2 N–H and O–H groups in total. The van der Waals surface area contributed by atoms with Crippen molar-refractivity contribution in [1.82, 2.24) is 0 Å². The number of aliphatic hydroxyl groups is 1. The molecule has 100 valence electrons. The molecule has 0 amide bonds. The van der Waals surface area contributed by atoms with Gasteiger partial charge in [-0.15, -0.1) is 0 Å². The van der Waals surface area contributed by atoms with E-state index in [0.29, 0.717) is 6.61 Å². The first-order chi connectivity index (χ1) is 8.78. The number of ether oxygens (including phenoxy) is 2. The van der Waals surface area contributed by atoms with Crippen molar-refractivity contribution < 1.29 is 19.5 Å². The second-order valence-corrected chi connectivity index (χ2v) is 4.80. The van der Waals surface area contributed by atoms with Crippen LogP contribution in [0.25, 0.3) is 0 Å². The van der Waals surface area contributed by atoms with Gasteiger partial charge in [-0.05, 0) is 24.3 Å². The van der Waals surface area contributed by atoms with Gasteiger partial charge in [0, 0.05) is 12.8 Å². The fraction of sp³-hybridized carbons (Fsp3) is 0.571. The number of likely N-dealkylation sites (tertiary alicyclic amines) is 1. The summed E-state index contributed by atoms with van der Waals surface area (Å²) in [6.07, 6.45) is 2.17. The van der Waals surface area contributed by atoms with Gasteiger partial charge < -0.3 is 19.5 Å². The van der Waals surface area contributed by atoms with Gasteiger partial charge in [-0.1, -0.05) is 0 Å². The lowest BCUT2D eigenvalue weighted by molar-refractivity contribution is -0.890. The number of hydrogen-bond donors (Lipinski definition) is 2. The van der Waals surface area contributed by atoms with E-state index in [-0.39, 0.29) is 6.10 Å². The first-order valence-corrected chi connectivity index (χ1v) is 6.56. The van der Waals surface area contributed by atoms with Gasteiger partial charge >= 0.3 is 0 Å². The van der Waals surface area contributed by atoms with Crippen LogP contribution in [-0.4, -0.2) is 44.6 Å². The van der Waals surface area contributed by atoms with E-state index in [1.165, 1.54) is 30.8 Å². The lowest BCUT2D eigenvalue weighted by atomic mass is 10.3. The molecule has 0 bridgehead atoms. The van der Waals surface area contributed by atoms with Crippen LogP contribution in [0.3, 0.4) is 0 Å². The molecule has 0 unspecified atom stereocenters. The Bertz CT molecular complexity index is 347. The van der Waals surface area contributed by atoms with Crippen LogP contribution in [0.4, 0.5) is 0 Å². The Labute approximate surface area is 108 Å². The summed E-state index contributed by atoms with van der Waals surface area (Å²) < 4.78 is 10.6. The normalized spacial score (nSPS) is 17.7. The van der Waals surface area contributed by atoms with E-state index < -0.39 is 0 Å². The topological polar surface area (TPSA) is 43.1 Å².